The van der Waals surface area contributed by atoms with Gasteiger partial charge in [0.05, 0.1) is 5.57 Å². The number of benzene rings is 3. The van der Waals surface area contributed by atoms with Crippen LogP contribution in [0.5, 0.6) is 5.75 Å². The van der Waals surface area contributed by atoms with Gasteiger partial charge in [-0.05, 0) is 41.5 Å². The van der Waals surface area contributed by atoms with E-state index < -0.39 is 0 Å². The Hall–Kier alpha value is -3.17. The first-order chi connectivity index (χ1) is 13.1. The zero-order chi connectivity index (χ0) is 18.8. The molecule has 0 atom stereocenters. The van der Waals surface area contributed by atoms with Crippen molar-refractivity contribution < 1.29 is 14.3 Å². The Balaban J connectivity index is 1.55. The van der Waals surface area contributed by atoms with Crippen LogP contribution in [0.4, 0.5) is 0 Å². The molecular weight excluding hydrogens is 360 g/mol. The summed E-state index contributed by atoms with van der Waals surface area (Å²) in [6.07, 6.45) is 1.62. The molecule has 0 N–H and O–H groups in total. The van der Waals surface area contributed by atoms with Crippen molar-refractivity contribution in [2.24, 2.45) is 0 Å². The van der Waals surface area contributed by atoms with E-state index in [9.17, 15) is 9.59 Å². The molecule has 1 aliphatic rings. The molecule has 3 aromatic carbocycles. The van der Waals surface area contributed by atoms with Crippen LogP contribution in [-0.2, 0) is 6.61 Å². The summed E-state index contributed by atoms with van der Waals surface area (Å²) in [6.45, 7) is 0.403. The van der Waals surface area contributed by atoms with Gasteiger partial charge >= 0.3 is 0 Å². The Morgan fingerprint density at radius 1 is 0.815 bits per heavy atom. The summed E-state index contributed by atoms with van der Waals surface area (Å²) >= 11 is 5.89. The minimum Gasteiger partial charge on any atom is -0.489 e. The number of ether oxygens (including phenoxy) is 1. The molecule has 0 amide bonds. The average Bonchev–Trinajstić information content (AvgIpc) is 2.93. The van der Waals surface area contributed by atoms with Crippen molar-refractivity contribution in [3.05, 3.63) is 106 Å². The highest BCUT2D eigenvalue weighted by molar-refractivity contribution is 6.41. The summed E-state index contributed by atoms with van der Waals surface area (Å²) in [7, 11) is 0. The summed E-state index contributed by atoms with van der Waals surface area (Å²) in [5, 5.41) is 0.680. The van der Waals surface area contributed by atoms with Gasteiger partial charge in [0.25, 0.3) is 0 Å². The molecular formula is C23H15ClO3. The van der Waals surface area contributed by atoms with Gasteiger partial charge in [-0.1, -0.05) is 60.1 Å². The number of ketones is 2. The summed E-state index contributed by atoms with van der Waals surface area (Å²) in [5.74, 6) is 0.195. The highest BCUT2D eigenvalue weighted by Gasteiger charge is 2.32. The Morgan fingerprint density at radius 2 is 1.48 bits per heavy atom. The predicted octanol–water partition coefficient (Wildman–Crippen LogP) is 5.38. The van der Waals surface area contributed by atoms with E-state index in [0.29, 0.717) is 28.5 Å². The Morgan fingerprint density at radius 3 is 2.15 bits per heavy atom. The lowest BCUT2D eigenvalue weighted by Gasteiger charge is -2.07. The van der Waals surface area contributed by atoms with Crippen molar-refractivity contribution in [3.63, 3.8) is 0 Å². The minimum atomic E-state index is -0.233. The molecule has 0 aromatic heterocycles. The lowest BCUT2D eigenvalue weighted by Crippen LogP contribution is -2.00. The molecule has 3 aromatic rings. The Kier molecular flexibility index (Phi) is 4.61. The number of hydrogen-bond acceptors (Lipinski definition) is 3. The quantitative estimate of drug-likeness (QED) is 0.454. The second kappa shape index (κ2) is 7.22. The van der Waals surface area contributed by atoms with Gasteiger partial charge in [0.1, 0.15) is 12.4 Å². The first-order valence-electron chi connectivity index (χ1n) is 8.49. The van der Waals surface area contributed by atoms with Crippen LogP contribution in [0.1, 0.15) is 31.8 Å². The number of allylic oxidation sites excluding steroid dienone is 1. The molecule has 0 fully saturated rings. The van der Waals surface area contributed by atoms with E-state index in [1.807, 2.05) is 48.5 Å². The van der Waals surface area contributed by atoms with Crippen molar-refractivity contribution in [3.8, 4) is 5.75 Å². The first kappa shape index (κ1) is 17.3. The van der Waals surface area contributed by atoms with Crippen molar-refractivity contribution >= 4 is 29.2 Å². The maximum absolute atomic E-state index is 12.5. The molecule has 0 aliphatic heterocycles. The van der Waals surface area contributed by atoms with Gasteiger partial charge in [-0.3, -0.25) is 9.59 Å². The summed E-state index contributed by atoms with van der Waals surface area (Å²) < 4.78 is 5.81. The zero-order valence-corrected chi connectivity index (χ0v) is 15.1. The van der Waals surface area contributed by atoms with Crippen LogP contribution in [0.3, 0.4) is 0 Å². The second-order valence-electron chi connectivity index (χ2n) is 6.25. The van der Waals surface area contributed by atoms with E-state index in [-0.39, 0.29) is 17.1 Å². The monoisotopic (exact) mass is 374 g/mol. The van der Waals surface area contributed by atoms with E-state index >= 15 is 0 Å². The van der Waals surface area contributed by atoms with Gasteiger partial charge in [0.2, 0.25) is 0 Å². The molecule has 0 saturated heterocycles. The van der Waals surface area contributed by atoms with Crippen LogP contribution in [-0.4, -0.2) is 11.6 Å². The normalized spacial score (nSPS) is 12.9. The largest absolute Gasteiger partial charge is 0.489 e. The topological polar surface area (TPSA) is 43.4 Å². The van der Waals surface area contributed by atoms with E-state index in [4.69, 9.17) is 16.3 Å². The van der Waals surface area contributed by atoms with E-state index in [0.717, 1.165) is 11.1 Å². The van der Waals surface area contributed by atoms with Crippen LogP contribution < -0.4 is 4.74 Å². The molecule has 1 aliphatic carbocycles. The molecule has 3 nitrogen and oxygen atoms in total. The third kappa shape index (κ3) is 3.55. The third-order valence-electron chi connectivity index (χ3n) is 4.39. The lowest BCUT2D eigenvalue weighted by atomic mass is 10.1. The van der Waals surface area contributed by atoms with Gasteiger partial charge < -0.3 is 4.74 Å². The molecule has 4 rings (SSSR count). The lowest BCUT2D eigenvalue weighted by molar-refractivity contribution is 0.0990. The van der Waals surface area contributed by atoms with Crippen LogP contribution >= 0.6 is 11.6 Å². The number of Topliss-reactive ketones (excluding diaryl/α,β-unsaturated/α-hetero) is 2. The molecule has 0 unspecified atom stereocenters. The fourth-order valence-electron chi connectivity index (χ4n) is 3.01. The molecule has 132 valence electrons. The standard InChI is InChI=1S/C23H15ClO3/c24-17-10-8-15(9-11-17)14-27-18-5-3-4-16(12-18)13-21-22(25)19-6-1-2-7-20(19)23(21)26/h1-13H,14H2. The van der Waals surface area contributed by atoms with Gasteiger partial charge in [0.15, 0.2) is 11.6 Å². The number of halogens is 1. The van der Waals surface area contributed by atoms with Crippen LogP contribution in [0.2, 0.25) is 5.02 Å². The molecule has 0 spiro atoms. The fourth-order valence-corrected chi connectivity index (χ4v) is 3.14. The van der Waals surface area contributed by atoms with Crippen LogP contribution in [0, 0.1) is 0 Å². The molecule has 0 radical (unpaired) electrons. The average molecular weight is 375 g/mol. The van der Waals surface area contributed by atoms with Crippen molar-refractivity contribution in [2.75, 3.05) is 0 Å². The van der Waals surface area contributed by atoms with Crippen LogP contribution in [0.15, 0.2) is 78.4 Å². The van der Waals surface area contributed by atoms with Gasteiger partial charge in [-0.2, -0.15) is 0 Å². The Bertz CT molecular complexity index is 1030. The minimum absolute atomic E-state index is 0.186. The van der Waals surface area contributed by atoms with Crippen molar-refractivity contribution in [2.45, 2.75) is 6.61 Å². The van der Waals surface area contributed by atoms with E-state index in [2.05, 4.69) is 0 Å². The molecule has 0 heterocycles. The third-order valence-corrected chi connectivity index (χ3v) is 4.65. The molecule has 27 heavy (non-hydrogen) atoms. The maximum atomic E-state index is 12.5. The number of rotatable bonds is 4. The fraction of sp³-hybridized carbons (Fsp3) is 0.0435. The number of hydrogen-bond donors (Lipinski definition) is 0. The first-order valence-corrected chi connectivity index (χ1v) is 8.87. The van der Waals surface area contributed by atoms with Gasteiger partial charge in [0, 0.05) is 16.1 Å². The molecule has 0 saturated carbocycles. The summed E-state index contributed by atoms with van der Waals surface area (Å²) in [6, 6.07) is 21.7. The maximum Gasteiger partial charge on any atom is 0.197 e. The van der Waals surface area contributed by atoms with Crippen LogP contribution in [0.25, 0.3) is 6.08 Å². The summed E-state index contributed by atoms with van der Waals surface area (Å²) in [5.41, 5.74) is 2.85. The smallest absolute Gasteiger partial charge is 0.197 e. The SMILES string of the molecule is O=C1C(=Cc2cccc(OCc3ccc(Cl)cc3)c2)C(=O)c2ccccc21. The zero-order valence-electron chi connectivity index (χ0n) is 14.3. The van der Waals surface area contributed by atoms with Gasteiger partial charge in [-0.15, -0.1) is 0 Å². The number of fused-ring (bicyclic) bond motifs is 1. The van der Waals surface area contributed by atoms with E-state index in [1.165, 1.54) is 0 Å². The molecule has 4 heteroatoms. The molecule has 0 bridgehead atoms. The van der Waals surface area contributed by atoms with Crippen molar-refractivity contribution in [1.29, 1.82) is 0 Å². The highest BCUT2D eigenvalue weighted by Crippen LogP contribution is 2.28. The second-order valence-corrected chi connectivity index (χ2v) is 6.69. The summed E-state index contributed by atoms with van der Waals surface area (Å²) in [4.78, 5) is 25.0. The van der Waals surface area contributed by atoms with Gasteiger partial charge in [-0.25, -0.2) is 0 Å². The van der Waals surface area contributed by atoms with E-state index in [1.54, 1.807) is 30.3 Å². The highest BCUT2D eigenvalue weighted by atomic mass is 35.5. The number of carbonyl (C=O) groups is 2. The predicted molar refractivity (Wildman–Crippen MR) is 105 cm³/mol. The van der Waals surface area contributed by atoms with Crippen molar-refractivity contribution in [1.82, 2.24) is 0 Å². The number of carbonyl (C=O) groups excluding carboxylic acids is 2. The Labute approximate surface area is 161 Å².